The predicted octanol–water partition coefficient (Wildman–Crippen LogP) is 3.24. The van der Waals surface area contributed by atoms with Gasteiger partial charge in [-0.05, 0) is 45.1 Å². The molecule has 0 aliphatic carbocycles. The van der Waals surface area contributed by atoms with Crippen LogP contribution in [-0.2, 0) is 0 Å². The Kier molecular flexibility index (Phi) is 3.77. The number of pyridine rings is 1. The molecule has 1 heterocycles. The minimum absolute atomic E-state index is 0.315. The Balaban J connectivity index is 2.33. The summed E-state index contributed by atoms with van der Waals surface area (Å²) in [5, 5.41) is 8.10. The van der Waals surface area contributed by atoms with E-state index in [4.69, 9.17) is 12.2 Å². The lowest BCUT2D eigenvalue weighted by atomic mass is 10.2. The van der Waals surface area contributed by atoms with Gasteiger partial charge in [0, 0.05) is 17.1 Å². The summed E-state index contributed by atoms with van der Waals surface area (Å²) in [6, 6.07) is 10.4. The zero-order valence-electron chi connectivity index (χ0n) is 10.8. The van der Waals surface area contributed by atoms with E-state index >= 15 is 0 Å². The smallest absolute Gasteiger partial charge is 0.171 e. The molecule has 1 aromatic carbocycles. The molecule has 0 atom stereocenters. The molecule has 0 unspecified atom stereocenters. The number of aromatic nitrogens is 1. The largest absolute Gasteiger partial charge is 0.360 e. The highest BCUT2D eigenvalue weighted by Gasteiger charge is 2.05. The van der Waals surface area contributed by atoms with Crippen LogP contribution in [0.3, 0.4) is 0 Å². The van der Waals surface area contributed by atoms with E-state index in [9.17, 15) is 0 Å². The molecule has 0 bridgehead atoms. The van der Waals surface area contributed by atoms with Crippen LogP contribution in [-0.4, -0.2) is 16.1 Å². The van der Waals surface area contributed by atoms with Gasteiger partial charge in [-0.25, -0.2) is 0 Å². The maximum atomic E-state index is 5.26. The fourth-order valence-electron chi connectivity index (χ4n) is 1.77. The molecule has 0 fully saturated rings. The third-order valence-electron chi connectivity index (χ3n) is 2.53. The number of rotatable bonds is 2. The first-order chi connectivity index (χ1) is 8.56. The number of thiocarbonyl (C=S) groups is 1. The molecule has 3 nitrogen and oxygen atoms in total. The number of nitrogens with one attached hydrogen (secondary N) is 2. The van der Waals surface area contributed by atoms with E-state index in [1.807, 2.05) is 31.2 Å². The van der Waals surface area contributed by atoms with E-state index in [2.05, 4.69) is 35.5 Å². The Morgan fingerprint density at radius 2 is 2.00 bits per heavy atom. The van der Waals surface area contributed by atoms with Gasteiger partial charge in [-0.15, -0.1) is 0 Å². The van der Waals surface area contributed by atoms with E-state index in [-0.39, 0.29) is 0 Å². The van der Waals surface area contributed by atoms with Crippen LogP contribution in [0.5, 0.6) is 0 Å². The maximum absolute atomic E-state index is 5.26. The Hall–Kier alpha value is -1.68. The number of nitrogens with zero attached hydrogens (tertiary/aromatic N) is 1. The SMILES string of the molecule is Cc1ccc2cccc(NC(=S)NC(C)C)c2n1. The van der Waals surface area contributed by atoms with E-state index in [0.717, 1.165) is 22.3 Å². The second-order valence-electron chi connectivity index (χ2n) is 4.58. The van der Waals surface area contributed by atoms with Crippen molar-refractivity contribution in [3.05, 3.63) is 36.0 Å². The van der Waals surface area contributed by atoms with Gasteiger partial charge in [0.15, 0.2) is 5.11 Å². The summed E-state index contributed by atoms with van der Waals surface area (Å²) in [5.41, 5.74) is 2.89. The summed E-state index contributed by atoms with van der Waals surface area (Å²) < 4.78 is 0. The molecular formula is C14H17N3S. The molecule has 0 amide bonds. The molecular weight excluding hydrogens is 242 g/mol. The fourth-order valence-corrected chi connectivity index (χ4v) is 2.11. The second kappa shape index (κ2) is 5.31. The van der Waals surface area contributed by atoms with E-state index in [1.165, 1.54) is 0 Å². The van der Waals surface area contributed by atoms with E-state index < -0.39 is 0 Å². The summed E-state index contributed by atoms with van der Waals surface area (Å²) in [6.07, 6.45) is 0. The average Bonchev–Trinajstić information content (AvgIpc) is 2.28. The first kappa shape index (κ1) is 12.8. The third kappa shape index (κ3) is 2.96. The zero-order chi connectivity index (χ0) is 13.1. The molecule has 0 aliphatic rings. The van der Waals surface area contributed by atoms with Crippen molar-refractivity contribution in [1.29, 1.82) is 0 Å². The summed E-state index contributed by atoms with van der Waals surface area (Å²) in [6.45, 7) is 6.10. The molecule has 0 spiro atoms. The van der Waals surface area contributed by atoms with Crippen molar-refractivity contribution in [2.45, 2.75) is 26.8 Å². The van der Waals surface area contributed by atoms with Gasteiger partial charge in [-0.3, -0.25) is 4.98 Å². The highest BCUT2D eigenvalue weighted by atomic mass is 32.1. The van der Waals surface area contributed by atoms with Crippen LogP contribution in [0.15, 0.2) is 30.3 Å². The van der Waals surface area contributed by atoms with Gasteiger partial charge >= 0.3 is 0 Å². The Labute approximate surface area is 113 Å². The van der Waals surface area contributed by atoms with Crippen molar-refractivity contribution >= 4 is 33.9 Å². The molecule has 4 heteroatoms. The van der Waals surface area contributed by atoms with E-state index in [1.54, 1.807) is 0 Å². The third-order valence-corrected chi connectivity index (χ3v) is 2.75. The summed E-state index contributed by atoms with van der Waals surface area (Å²) in [7, 11) is 0. The highest BCUT2D eigenvalue weighted by Crippen LogP contribution is 2.21. The number of hydrogen-bond acceptors (Lipinski definition) is 2. The topological polar surface area (TPSA) is 37.0 Å². The van der Waals surface area contributed by atoms with Crippen LogP contribution in [0.4, 0.5) is 5.69 Å². The molecule has 0 radical (unpaired) electrons. The van der Waals surface area contributed by atoms with Crippen LogP contribution >= 0.6 is 12.2 Å². The van der Waals surface area contributed by atoms with Gasteiger partial charge in [0.25, 0.3) is 0 Å². The van der Waals surface area contributed by atoms with Crippen LogP contribution in [0.1, 0.15) is 19.5 Å². The Morgan fingerprint density at radius 3 is 2.72 bits per heavy atom. The zero-order valence-corrected chi connectivity index (χ0v) is 11.6. The van der Waals surface area contributed by atoms with Crippen LogP contribution in [0.2, 0.25) is 0 Å². The molecule has 18 heavy (non-hydrogen) atoms. The second-order valence-corrected chi connectivity index (χ2v) is 4.99. The van der Waals surface area contributed by atoms with Crippen molar-refractivity contribution in [1.82, 2.24) is 10.3 Å². The number of benzene rings is 1. The molecule has 0 saturated heterocycles. The lowest BCUT2D eigenvalue weighted by Crippen LogP contribution is -2.33. The minimum Gasteiger partial charge on any atom is -0.360 e. The maximum Gasteiger partial charge on any atom is 0.171 e. The first-order valence-corrected chi connectivity index (χ1v) is 6.41. The van der Waals surface area contributed by atoms with Crippen molar-refractivity contribution in [3.63, 3.8) is 0 Å². The number of fused-ring (bicyclic) bond motifs is 1. The fraction of sp³-hybridized carbons (Fsp3) is 0.286. The predicted molar refractivity (Wildman–Crippen MR) is 81.0 cm³/mol. The molecule has 2 rings (SSSR count). The molecule has 2 N–H and O–H groups in total. The van der Waals surface area contributed by atoms with Gasteiger partial charge in [-0.1, -0.05) is 18.2 Å². The number of anilines is 1. The first-order valence-electron chi connectivity index (χ1n) is 6.00. The molecule has 94 valence electrons. The summed E-state index contributed by atoms with van der Waals surface area (Å²) in [4.78, 5) is 4.56. The lowest BCUT2D eigenvalue weighted by molar-refractivity contribution is 0.739. The van der Waals surface area contributed by atoms with Gasteiger partial charge in [0.1, 0.15) is 0 Å². The van der Waals surface area contributed by atoms with Crippen LogP contribution in [0, 0.1) is 6.92 Å². The van der Waals surface area contributed by atoms with Crippen molar-refractivity contribution in [3.8, 4) is 0 Å². The van der Waals surface area contributed by atoms with E-state index in [0.29, 0.717) is 11.2 Å². The average molecular weight is 259 g/mol. The standard InChI is InChI=1S/C14H17N3S/c1-9(2)15-14(18)17-12-6-4-5-11-8-7-10(3)16-13(11)12/h4-9H,1-3H3,(H2,15,17,18). The van der Waals surface area contributed by atoms with Crippen molar-refractivity contribution < 1.29 is 0 Å². The molecule has 2 aromatic rings. The van der Waals surface area contributed by atoms with Gasteiger partial charge in [0.2, 0.25) is 0 Å². The van der Waals surface area contributed by atoms with Crippen molar-refractivity contribution in [2.75, 3.05) is 5.32 Å². The summed E-state index contributed by atoms with van der Waals surface area (Å²) in [5.74, 6) is 0. The van der Waals surface area contributed by atoms with Gasteiger partial charge in [0.05, 0.1) is 11.2 Å². The molecule has 0 aliphatic heterocycles. The monoisotopic (exact) mass is 259 g/mol. The lowest BCUT2D eigenvalue weighted by Gasteiger charge is -2.14. The quantitative estimate of drug-likeness (QED) is 0.812. The van der Waals surface area contributed by atoms with Gasteiger partial charge < -0.3 is 10.6 Å². The Bertz CT molecular complexity index is 578. The van der Waals surface area contributed by atoms with Crippen molar-refractivity contribution in [2.24, 2.45) is 0 Å². The van der Waals surface area contributed by atoms with Crippen LogP contribution < -0.4 is 10.6 Å². The molecule has 1 aromatic heterocycles. The number of para-hydroxylation sites is 1. The number of aryl methyl sites for hydroxylation is 1. The Morgan fingerprint density at radius 1 is 1.22 bits per heavy atom. The molecule has 0 saturated carbocycles. The summed E-state index contributed by atoms with van der Waals surface area (Å²) >= 11 is 5.26. The van der Waals surface area contributed by atoms with Gasteiger partial charge in [-0.2, -0.15) is 0 Å². The minimum atomic E-state index is 0.315. The van der Waals surface area contributed by atoms with Crippen LogP contribution in [0.25, 0.3) is 10.9 Å². The normalized spacial score (nSPS) is 10.7. The number of hydrogen-bond donors (Lipinski definition) is 2. The highest BCUT2D eigenvalue weighted by molar-refractivity contribution is 7.80.